The van der Waals surface area contributed by atoms with Crippen LogP contribution in [0.15, 0.2) is 72.3 Å². The largest absolute Gasteiger partial charge is 0.494 e. The van der Waals surface area contributed by atoms with Gasteiger partial charge in [-0.15, -0.1) is 0 Å². The quantitative estimate of drug-likeness (QED) is 0.181. The molecule has 3 aromatic rings. The minimum absolute atomic E-state index is 0.0175. The molecular formula is C25H20ClN3O5. The summed E-state index contributed by atoms with van der Waals surface area (Å²) in [6, 6.07) is 19.5. The molecule has 0 bridgehead atoms. The van der Waals surface area contributed by atoms with Crippen LogP contribution in [0.4, 0.5) is 11.4 Å². The Morgan fingerprint density at radius 3 is 2.44 bits per heavy atom. The van der Waals surface area contributed by atoms with Crippen LogP contribution in [0.25, 0.3) is 6.08 Å². The van der Waals surface area contributed by atoms with Crippen LogP contribution >= 0.6 is 11.6 Å². The topological polar surface area (TPSA) is 114 Å². The first kappa shape index (κ1) is 24.3. The minimum Gasteiger partial charge on any atom is -0.494 e. The molecular weight excluding hydrogens is 458 g/mol. The first-order valence-electron chi connectivity index (χ1n) is 10.2. The number of hydrogen-bond donors (Lipinski definition) is 1. The highest BCUT2D eigenvalue weighted by atomic mass is 35.5. The van der Waals surface area contributed by atoms with Crippen LogP contribution in [0.2, 0.25) is 5.02 Å². The number of rotatable bonds is 9. The Kier molecular flexibility index (Phi) is 8.21. The number of nitriles is 1. The summed E-state index contributed by atoms with van der Waals surface area (Å²) in [6.45, 7) is 2.53. The third-order valence-electron chi connectivity index (χ3n) is 4.60. The van der Waals surface area contributed by atoms with Crippen LogP contribution in [-0.2, 0) is 11.4 Å². The average Bonchev–Trinajstić information content (AvgIpc) is 2.83. The van der Waals surface area contributed by atoms with Gasteiger partial charge in [-0.05, 0) is 73.2 Å². The molecule has 0 aromatic heterocycles. The first-order valence-corrected chi connectivity index (χ1v) is 10.6. The van der Waals surface area contributed by atoms with E-state index < -0.39 is 10.8 Å². The molecule has 0 radical (unpaired) electrons. The van der Waals surface area contributed by atoms with E-state index in [1.54, 1.807) is 54.6 Å². The van der Waals surface area contributed by atoms with Gasteiger partial charge < -0.3 is 14.8 Å². The van der Waals surface area contributed by atoms with Crippen molar-refractivity contribution in [3.8, 4) is 17.6 Å². The van der Waals surface area contributed by atoms with E-state index >= 15 is 0 Å². The SMILES string of the molecule is CCOc1ccc(NC(=O)/C(C#N)=C/c2cc(Cl)ccc2OCc2ccc([N+](=O)[O-])cc2)cc1. The highest BCUT2D eigenvalue weighted by Crippen LogP contribution is 2.27. The smallest absolute Gasteiger partial charge is 0.269 e. The Balaban J connectivity index is 1.76. The van der Waals surface area contributed by atoms with Gasteiger partial charge in [-0.1, -0.05) is 11.6 Å². The second-order valence-corrected chi connectivity index (χ2v) is 7.41. The number of hydrogen-bond acceptors (Lipinski definition) is 6. The normalized spacial score (nSPS) is 10.8. The molecule has 0 aliphatic carbocycles. The summed E-state index contributed by atoms with van der Waals surface area (Å²) < 4.78 is 11.2. The fourth-order valence-electron chi connectivity index (χ4n) is 2.94. The number of halogens is 1. The summed E-state index contributed by atoms with van der Waals surface area (Å²) in [5.41, 5.74) is 1.50. The Hall–Kier alpha value is -4.35. The number of carbonyl (C=O) groups is 1. The van der Waals surface area contributed by atoms with E-state index in [2.05, 4.69) is 5.32 Å². The molecule has 0 atom stereocenters. The number of carbonyl (C=O) groups excluding carboxylic acids is 1. The lowest BCUT2D eigenvalue weighted by Crippen LogP contribution is -2.13. The lowest BCUT2D eigenvalue weighted by Gasteiger charge is -2.11. The maximum Gasteiger partial charge on any atom is 0.269 e. The fraction of sp³-hybridized carbons (Fsp3) is 0.120. The van der Waals surface area contributed by atoms with E-state index in [1.807, 2.05) is 13.0 Å². The predicted octanol–water partition coefficient (Wildman–Crippen LogP) is 5.77. The molecule has 1 N–H and O–H groups in total. The molecule has 0 heterocycles. The molecule has 0 unspecified atom stereocenters. The number of nitro benzene ring substituents is 1. The summed E-state index contributed by atoms with van der Waals surface area (Å²) >= 11 is 6.11. The molecule has 34 heavy (non-hydrogen) atoms. The zero-order valence-corrected chi connectivity index (χ0v) is 18.9. The van der Waals surface area contributed by atoms with E-state index in [-0.39, 0.29) is 17.9 Å². The highest BCUT2D eigenvalue weighted by Gasteiger charge is 2.13. The number of non-ortho nitro benzene ring substituents is 1. The van der Waals surface area contributed by atoms with Crippen molar-refractivity contribution in [2.24, 2.45) is 0 Å². The third-order valence-corrected chi connectivity index (χ3v) is 4.84. The van der Waals surface area contributed by atoms with E-state index in [1.165, 1.54) is 18.2 Å². The van der Waals surface area contributed by atoms with Gasteiger partial charge in [0.15, 0.2) is 0 Å². The summed E-state index contributed by atoms with van der Waals surface area (Å²) in [7, 11) is 0. The number of nitrogens with one attached hydrogen (secondary N) is 1. The van der Waals surface area contributed by atoms with Crippen LogP contribution in [0, 0.1) is 21.4 Å². The maximum atomic E-state index is 12.7. The van der Waals surface area contributed by atoms with Crippen molar-refractivity contribution in [1.82, 2.24) is 0 Å². The maximum absolute atomic E-state index is 12.7. The monoisotopic (exact) mass is 477 g/mol. The summed E-state index contributed by atoms with van der Waals surface area (Å²) in [5, 5.41) is 23.4. The summed E-state index contributed by atoms with van der Waals surface area (Å²) in [4.78, 5) is 23.0. The lowest BCUT2D eigenvalue weighted by molar-refractivity contribution is -0.384. The second kappa shape index (κ2) is 11.5. The Morgan fingerprint density at radius 2 is 1.82 bits per heavy atom. The van der Waals surface area contributed by atoms with E-state index in [4.69, 9.17) is 21.1 Å². The second-order valence-electron chi connectivity index (χ2n) is 6.98. The van der Waals surface area contributed by atoms with Crippen LogP contribution in [0.1, 0.15) is 18.1 Å². The molecule has 0 aliphatic heterocycles. The van der Waals surface area contributed by atoms with Crippen molar-refractivity contribution in [2.75, 3.05) is 11.9 Å². The molecule has 3 rings (SSSR count). The number of nitrogens with zero attached hydrogens (tertiary/aromatic N) is 2. The highest BCUT2D eigenvalue weighted by molar-refractivity contribution is 6.30. The zero-order chi connectivity index (χ0) is 24.5. The summed E-state index contributed by atoms with van der Waals surface area (Å²) in [5.74, 6) is 0.475. The number of ether oxygens (including phenoxy) is 2. The molecule has 0 saturated carbocycles. The Bertz CT molecular complexity index is 1250. The molecule has 0 spiro atoms. The first-order chi connectivity index (χ1) is 16.4. The molecule has 3 aromatic carbocycles. The molecule has 8 nitrogen and oxygen atoms in total. The van der Waals surface area contributed by atoms with Crippen molar-refractivity contribution < 1.29 is 19.2 Å². The van der Waals surface area contributed by atoms with Gasteiger partial charge in [0.1, 0.15) is 29.7 Å². The van der Waals surface area contributed by atoms with E-state index in [0.29, 0.717) is 39.9 Å². The lowest BCUT2D eigenvalue weighted by atomic mass is 10.1. The van der Waals surface area contributed by atoms with Gasteiger partial charge in [0.2, 0.25) is 0 Å². The van der Waals surface area contributed by atoms with E-state index in [9.17, 15) is 20.2 Å². The van der Waals surface area contributed by atoms with Gasteiger partial charge in [-0.2, -0.15) is 5.26 Å². The van der Waals surface area contributed by atoms with Crippen molar-refractivity contribution >= 4 is 35.0 Å². The van der Waals surface area contributed by atoms with Crippen LogP contribution in [0.3, 0.4) is 0 Å². The summed E-state index contributed by atoms with van der Waals surface area (Å²) in [6.07, 6.45) is 1.39. The standard InChI is InChI=1S/C25H20ClN3O5/c1-2-33-23-10-6-21(7-11-23)28-25(30)19(15-27)13-18-14-20(26)5-12-24(18)34-16-17-3-8-22(9-4-17)29(31)32/h3-14H,2,16H2,1H3,(H,28,30)/b19-13+. The van der Waals surface area contributed by atoms with E-state index in [0.717, 1.165) is 0 Å². The predicted molar refractivity (Wildman–Crippen MR) is 129 cm³/mol. The molecule has 172 valence electrons. The van der Waals surface area contributed by atoms with Crippen molar-refractivity contribution in [2.45, 2.75) is 13.5 Å². The fourth-order valence-corrected chi connectivity index (χ4v) is 3.12. The molecule has 9 heteroatoms. The van der Waals surface area contributed by atoms with Gasteiger partial charge >= 0.3 is 0 Å². The van der Waals surface area contributed by atoms with Gasteiger partial charge in [0.25, 0.3) is 11.6 Å². The number of benzene rings is 3. The van der Waals surface area contributed by atoms with Crippen molar-refractivity contribution in [3.05, 3.63) is 98.6 Å². The molecule has 0 saturated heterocycles. The van der Waals surface area contributed by atoms with Crippen LogP contribution in [0.5, 0.6) is 11.5 Å². The minimum atomic E-state index is -0.590. The third kappa shape index (κ3) is 6.58. The van der Waals surface area contributed by atoms with Gasteiger partial charge in [0, 0.05) is 28.4 Å². The van der Waals surface area contributed by atoms with Gasteiger partial charge in [-0.25, -0.2) is 0 Å². The molecule has 0 fully saturated rings. The van der Waals surface area contributed by atoms with Gasteiger partial charge in [-0.3, -0.25) is 14.9 Å². The molecule has 0 aliphatic rings. The molecule has 1 amide bonds. The van der Waals surface area contributed by atoms with Crippen molar-refractivity contribution in [1.29, 1.82) is 5.26 Å². The Labute approximate surface area is 201 Å². The van der Waals surface area contributed by atoms with Crippen molar-refractivity contribution in [3.63, 3.8) is 0 Å². The zero-order valence-electron chi connectivity index (χ0n) is 18.2. The number of nitro groups is 1. The van der Waals surface area contributed by atoms with Crippen LogP contribution < -0.4 is 14.8 Å². The van der Waals surface area contributed by atoms with Crippen LogP contribution in [-0.4, -0.2) is 17.4 Å². The Morgan fingerprint density at radius 1 is 1.12 bits per heavy atom. The number of amides is 1. The van der Waals surface area contributed by atoms with Gasteiger partial charge in [0.05, 0.1) is 11.5 Å². The average molecular weight is 478 g/mol. The number of anilines is 1.